The van der Waals surface area contributed by atoms with Gasteiger partial charge in [-0.05, 0) is 45.8 Å². The molecule has 1 saturated heterocycles. The molecule has 5 nitrogen and oxygen atoms in total. The number of likely N-dealkylation sites (N-methyl/N-ethyl adjacent to an activating group) is 1. The predicted molar refractivity (Wildman–Crippen MR) is 77.0 cm³/mol. The molecule has 5 heteroatoms. The minimum atomic E-state index is -0.905. The van der Waals surface area contributed by atoms with E-state index >= 15 is 0 Å². The molecular weight excluding hydrogens is 242 g/mol. The zero-order valence-corrected chi connectivity index (χ0v) is 12.9. The molecule has 3 N–H and O–H groups in total. The third-order valence-corrected chi connectivity index (χ3v) is 3.69. The van der Waals surface area contributed by atoms with Crippen LogP contribution in [0.3, 0.4) is 0 Å². The average molecular weight is 271 g/mol. The first-order valence-corrected chi connectivity index (χ1v) is 7.02. The van der Waals surface area contributed by atoms with Gasteiger partial charge in [-0.1, -0.05) is 13.8 Å². The van der Waals surface area contributed by atoms with Gasteiger partial charge in [-0.2, -0.15) is 0 Å². The second kappa shape index (κ2) is 6.20. The Labute approximate surface area is 116 Å². The molecule has 0 aliphatic carbocycles. The summed E-state index contributed by atoms with van der Waals surface area (Å²) in [4.78, 5) is 14.2. The molecule has 1 heterocycles. The van der Waals surface area contributed by atoms with E-state index < -0.39 is 5.60 Å². The summed E-state index contributed by atoms with van der Waals surface area (Å²) in [6.07, 6.45) is 2.15. The molecule has 0 aromatic carbocycles. The number of hydrogen-bond donors (Lipinski definition) is 3. The molecule has 0 spiro atoms. The fourth-order valence-corrected chi connectivity index (χ4v) is 2.78. The molecule has 0 radical (unpaired) electrons. The number of carbonyl (C=O) groups excluding carboxylic acids is 1. The van der Waals surface area contributed by atoms with Gasteiger partial charge in [0.1, 0.15) is 0 Å². The predicted octanol–water partition coefficient (Wildman–Crippen LogP) is 0.193. The monoisotopic (exact) mass is 271 g/mol. The van der Waals surface area contributed by atoms with Crippen LogP contribution >= 0.6 is 0 Å². The number of carbonyl (C=O) groups is 1. The zero-order valence-electron chi connectivity index (χ0n) is 12.9. The van der Waals surface area contributed by atoms with Gasteiger partial charge in [-0.25, -0.2) is 0 Å². The van der Waals surface area contributed by atoms with Crippen LogP contribution in [0.1, 0.15) is 33.6 Å². The fourth-order valence-electron chi connectivity index (χ4n) is 2.78. The van der Waals surface area contributed by atoms with E-state index in [1.165, 1.54) is 0 Å². The minimum Gasteiger partial charge on any atom is -0.387 e. The van der Waals surface area contributed by atoms with Gasteiger partial charge in [-0.3, -0.25) is 4.79 Å². The second-order valence-electron chi connectivity index (χ2n) is 6.93. The highest BCUT2D eigenvalue weighted by Crippen LogP contribution is 2.30. The second-order valence-corrected chi connectivity index (χ2v) is 6.93. The van der Waals surface area contributed by atoms with Crippen molar-refractivity contribution in [2.75, 3.05) is 33.7 Å². The Morgan fingerprint density at radius 1 is 1.53 bits per heavy atom. The summed E-state index contributed by atoms with van der Waals surface area (Å²) in [6, 6.07) is -0.170. The largest absolute Gasteiger partial charge is 0.387 e. The Bertz CT molecular complexity index is 314. The Hall–Kier alpha value is -0.650. The maximum atomic E-state index is 12.2. The van der Waals surface area contributed by atoms with Crippen molar-refractivity contribution in [2.24, 2.45) is 5.41 Å². The zero-order chi connectivity index (χ0) is 14.7. The van der Waals surface area contributed by atoms with E-state index in [2.05, 4.69) is 24.5 Å². The number of hydrogen-bond acceptors (Lipinski definition) is 4. The minimum absolute atomic E-state index is 0.0104. The van der Waals surface area contributed by atoms with Crippen molar-refractivity contribution < 1.29 is 9.90 Å². The lowest BCUT2D eigenvalue weighted by Crippen LogP contribution is -2.58. The van der Waals surface area contributed by atoms with Crippen molar-refractivity contribution in [3.63, 3.8) is 0 Å². The van der Waals surface area contributed by atoms with Crippen LogP contribution in [0.4, 0.5) is 0 Å². The van der Waals surface area contributed by atoms with Crippen LogP contribution in [-0.4, -0.2) is 61.3 Å². The quantitative estimate of drug-likeness (QED) is 0.668. The van der Waals surface area contributed by atoms with Gasteiger partial charge >= 0.3 is 0 Å². The lowest BCUT2D eigenvalue weighted by Gasteiger charge is -2.38. The molecular formula is C14H29N3O2. The SMILES string of the molecule is CN(C)CC(C)(O)CNC(=O)C1NCCCC1(C)C. The van der Waals surface area contributed by atoms with Crippen LogP contribution in [0.2, 0.25) is 0 Å². The molecule has 0 bridgehead atoms. The summed E-state index contributed by atoms with van der Waals surface area (Å²) < 4.78 is 0. The van der Waals surface area contributed by atoms with Crippen molar-refractivity contribution in [1.29, 1.82) is 0 Å². The molecule has 112 valence electrons. The molecule has 2 unspecified atom stereocenters. The third-order valence-electron chi connectivity index (χ3n) is 3.69. The molecule has 1 aliphatic heterocycles. The highest BCUT2D eigenvalue weighted by molar-refractivity contribution is 5.82. The Balaban J connectivity index is 2.50. The van der Waals surface area contributed by atoms with Gasteiger partial charge in [0, 0.05) is 13.1 Å². The van der Waals surface area contributed by atoms with Gasteiger partial charge in [0.25, 0.3) is 0 Å². The summed E-state index contributed by atoms with van der Waals surface area (Å²) >= 11 is 0. The number of nitrogens with one attached hydrogen (secondary N) is 2. The molecule has 1 aliphatic rings. The van der Waals surface area contributed by atoms with E-state index in [0.717, 1.165) is 19.4 Å². The lowest BCUT2D eigenvalue weighted by molar-refractivity contribution is -0.128. The first-order valence-electron chi connectivity index (χ1n) is 7.02. The Morgan fingerprint density at radius 3 is 2.68 bits per heavy atom. The molecule has 0 aromatic heterocycles. The lowest BCUT2D eigenvalue weighted by atomic mass is 9.77. The summed E-state index contributed by atoms with van der Waals surface area (Å²) in [5.41, 5.74) is -0.937. The van der Waals surface area contributed by atoms with Crippen LogP contribution < -0.4 is 10.6 Å². The highest BCUT2D eigenvalue weighted by Gasteiger charge is 2.37. The van der Waals surface area contributed by atoms with Gasteiger partial charge in [0.2, 0.25) is 5.91 Å². The van der Waals surface area contributed by atoms with Crippen LogP contribution in [0.15, 0.2) is 0 Å². The number of piperidine rings is 1. The van der Waals surface area contributed by atoms with Crippen molar-refractivity contribution in [1.82, 2.24) is 15.5 Å². The van der Waals surface area contributed by atoms with Gasteiger partial charge in [0.15, 0.2) is 0 Å². The maximum Gasteiger partial charge on any atom is 0.237 e. The summed E-state index contributed by atoms with van der Waals surface area (Å²) in [5, 5.41) is 16.3. The Kier molecular flexibility index (Phi) is 5.35. The molecule has 0 saturated carbocycles. The van der Waals surface area contributed by atoms with Crippen molar-refractivity contribution in [2.45, 2.75) is 45.3 Å². The topological polar surface area (TPSA) is 64.6 Å². The van der Waals surface area contributed by atoms with Crippen LogP contribution in [0.25, 0.3) is 0 Å². The number of rotatable bonds is 5. The number of amides is 1. The van der Waals surface area contributed by atoms with E-state index in [9.17, 15) is 9.90 Å². The van der Waals surface area contributed by atoms with E-state index in [1.807, 2.05) is 19.0 Å². The fraction of sp³-hybridized carbons (Fsp3) is 0.929. The molecule has 1 fully saturated rings. The average Bonchev–Trinajstić information content (AvgIpc) is 2.23. The standard InChI is InChI=1S/C14H29N3O2/c1-13(2)7-6-8-15-11(13)12(18)16-9-14(3,19)10-17(4)5/h11,15,19H,6-10H2,1-5H3,(H,16,18). The first kappa shape index (κ1) is 16.4. The van der Waals surface area contributed by atoms with Gasteiger partial charge in [-0.15, -0.1) is 0 Å². The smallest absolute Gasteiger partial charge is 0.237 e. The maximum absolute atomic E-state index is 12.2. The van der Waals surface area contributed by atoms with Crippen molar-refractivity contribution >= 4 is 5.91 Å². The molecule has 19 heavy (non-hydrogen) atoms. The highest BCUT2D eigenvalue weighted by atomic mass is 16.3. The molecule has 2 atom stereocenters. The molecule has 1 amide bonds. The van der Waals surface area contributed by atoms with E-state index in [-0.39, 0.29) is 23.9 Å². The Morgan fingerprint density at radius 2 is 2.16 bits per heavy atom. The molecule has 1 rings (SSSR count). The van der Waals surface area contributed by atoms with Crippen LogP contribution in [-0.2, 0) is 4.79 Å². The number of aliphatic hydroxyl groups is 1. The summed E-state index contributed by atoms with van der Waals surface area (Å²) in [6.45, 7) is 7.65. The van der Waals surface area contributed by atoms with E-state index in [0.29, 0.717) is 6.54 Å². The first-order chi connectivity index (χ1) is 8.64. The summed E-state index contributed by atoms with van der Waals surface area (Å²) in [7, 11) is 3.81. The summed E-state index contributed by atoms with van der Waals surface area (Å²) in [5.74, 6) is -0.0104. The normalized spacial score (nSPS) is 25.9. The van der Waals surface area contributed by atoms with Crippen LogP contribution in [0, 0.1) is 5.41 Å². The van der Waals surface area contributed by atoms with Gasteiger partial charge in [0.05, 0.1) is 11.6 Å². The number of nitrogens with zero attached hydrogens (tertiary/aromatic N) is 1. The van der Waals surface area contributed by atoms with Crippen LogP contribution in [0.5, 0.6) is 0 Å². The van der Waals surface area contributed by atoms with E-state index in [4.69, 9.17) is 0 Å². The third kappa shape index (κ3) is 5.09. The van der Waals surface area contributed by atoms with Crippen molar-refractivity contribution in [3.05, 3.63) is 0 Å². The van der Waals surface area contributed by atoms with Crippen molar-refractivity contribution in [3.8, 4) is 0 Å². The van der Waals surface area contributed by atoms with E-state index in [1.54, 1.807) is 6.92 Å². The molecule has 0 aromatic rings. The van der Waals surface area contributed by atoms with Gasteiger partial charge < -0.3 is 20.6 Å².